The first kappa shape index (κ1) is 13.5. The maximum absolute atomic E-state index is 9.67. The Hall–Kier alpha value is -2.53. The molecule has 0 spiro atoms. The van der Waals surface area contributed by atoms with Crippen LogP contribution in [0.15, 0.2) is 48.5 Å². The highest BCUT2D eigenvalue weighted by Crippen LogP contribution is 2.20. The number of hydrogen-bond acceptors (Lipinski definition) is 4. The van der Waals surface area contributed by atoms with Crippen molar-refractivity contribution in [1.29, 1.82) is 0 Å². The average molecular weight is 280 g/mol. The molecule has 0 saturated carbocycles. The topological polar surface area (TPSA) is 63.8 Å². The first-order valence-corrected chi connectivity index (χ1v) is 6.79. The summed E-state index contributed by atoms with van der Waals surface area (Å²) in [7, 11) is 0. The molecule has 0 aliphatic carbocycles. The van der Waals surface area contributed by atoms with Crippen LogP contribution < -0.4 is 0 Å². The van der Waals surface area contributed by atoms with Crippen molar-refractivity contribution in [3.63, 3.8) is 0 Å². The van der Waals surface area contributed by atoms with Crippen LogP contribution >= 0.6 is 0 Å². The van der Waals surface area contributed by atoms with Gasteiger partial charge in [-0.15, -0.1) is 5.10 Å². The van der Waals surface area contributed by atoms with Crippen molar-refractivity contribution in [3.8, 4) is 11.4 Å². The zero-order valence-electron chi connectivity index (χ0n) is 11.8. The minimum absolute atomic E-state index is 0.120. The van der Waals surface area contributed by atoms with Gasteiger partial charge in [0.05, 0.1) is 24.5 Å². The van der Waals surface area contributed by atoms with Gasteiger partial charge in [-0.05, 0) is 24.6 Å². The zero-order valence-corrected chi connectivity index (χ0v) is 11.8. The van der Waals surface area contributed by atoms with Gasteiger partial charge in [0.1, 0.15) is 5.69 Å². The molecule has 2 heterocycles. The maximum Gasteiger partial charge on any atom is 0.137 e. The van der Waals surface area contributed by atoms with Crippen LogP contribution in [0, 0.1) is 6.92 Å². The van der Waals surface area contributed by atoms with Gasteiger partial charge in [-0.2, -0.15) is 0 Å². The number of rotatable bonds is 4. The van der Waals surface area contributed by atoms with Gasteiger partial charge in [0.25, 0.3) is 0 Å². The van der Waals surface area contributed by atoms with Gasteiger partial charge in [-0.1, -0.05) is 41.6 Å². The molecule has 0 saturated heterocycles. The minimum atomic E-state index is -0.120. The molecule has 5 heteroatoms. The van der Waals surface area contributed by atoms with Crippen molar-refractivity contribution in [3.05, 3.63) is 65.5 Å². The zero-order chi connectivity index (χ0) is 14.7. The number of aliphatic hydroxyl groups excluding tert-OH is 1. The second kappa shape index (κ2) is 5.85. The maximum atomic E-state index is 9.67. The van der Waals surface area contributed by atoms with E-state index in [-0.39, 0.29) is 6.61 Å². The second-order valence-corrected chi connectivity index (χ2v) is 4.85. The number of aliphatic hydroxyl groups is 1. The van der Waals surface area contributed by atoms with E-state index >= 15 is 0 Å². The van der Waals surface area contributed by atoms with Crippen molar-refractivity contribution >= 4 is 0 Å². The van der Waals surface area contributed by atoms with Gasteiger partial charge in [0.15, 0.2) is 0 Å². The van der Waals surface area contributed by atoms with Gasteiger partial charge in [-0.25, -0.2) is 4.68 Å². The summed E-state index contributed by atoms with van der Waals surface area (Å²) in [6, 6.07) is 15.7. The summed E-state index contributed by atoms with van der Waals surface area (Å²) < 4.78 is 1.72. The van der Waals surface area contributed by atoms with Crippen LogP contribution in [0.2, 0.25) is 0 Å². The first-order chi connectivity index (χ1) is 10.3. The highest BCUT2D eigenvalue weighted by atomic mass is 16.3. The summed E-state index contributed by atoms with van der Waals surface area (Å²) in [6.07, 6.45) is 0. The summed E-state index contributed by atoms with van der Waals surface area (Å²) in [4.78, 5) is 4.45. The number of benzene rings is 1. The van der Waals surface area contributed by atoms with E-state index in [0.29, 0.717) is 17.9 Å². The molecule has 0 amide bonds. The van der Waals surface area contributed by atoms with Gasteiger partial charge in [-0.3, -0.25) is 4.98 Å². The summed E-state index contributed by atoms with van der Waals surface area (Å²) >= 11 is 0. The smallest absolute Gasteiger partial charge is 0.137 e. The van der Waals surface area contributed by atoms with Crippen LogP contribution in [-0.2, 0) is 13.2 Å². The molecule has 3 rings (SSSR count). The van der Waals surface area contributed by atoms with Crippen LogP contribution in [0.25, 0.3) is 11.4 Å². The third-order valence-corrected chi connectivity index (χ3v) is 3.29. The van der Waals surface area contributed by atoms with Crippen LogP contribution in [0.1, 0.15) is 17.0 Å². The van der Waals surface area contributed by atoms with Gasteiger partial charge in [0, 0.05) is 5.69 Å². The largest absolute Gasteiger partial charge is 0.390 e. The third kappa shape index (κ3) is 2.83. The lowest BCUT2D eigenvalue weighted by Gasteiger charge is -2.06. The molecule has 0 bridgehead atoms. The molecule has 0 fully saturated rings. The molecule has 0 aliphatic heterocycles. The fourth-order valence-corrected chi connectivity index (χ4v) is 2.25. The Morgan fingerprint density at radius 2 is 1.86 bits per heavy atom. The Bertz CT molecular complexity index is 737. The van der Waals surface area contributed by atoms with Crippen LogP contribution in [0.5, 0.6) is 0 Å². The van der Waals surface area contributed by atoms with E-state index in [4.69, 9.17) is 0 Å². The molecule has 0 aliphatic rings. The van der Waals surface area contributed by atoms with Crippen LogP contribution in [0.3, 0.4) is 0 Å². The van der Waals surface area contributed by atoms with Crippen molar-refractivity contribution in [2.75, 3.05) is 0 Å². The molecule has 1 aromatic carbocycles. The lowest BCUT2D eigenvalue weighted by molar-refractivity contribution is 0.269. The minimum Gasteiger partial charge on any atom is -0.390 e. The third-order valence-electron chi connectivity index (χ3n) is 3.29. The van der Waals surface area contributed by atoms with E-state index in [2.05, 4.69) is 15.3 Å². The summed E-state index contributed by atoms with van der Waals surface area (Å²) in [5, 5.41) is 18.0. The van der Waals surface area contributed by atoms with Crippen molar-refractivity contribution in [2.45, 2.75) is 20.1 Å². The molecule has 0 radical (unpaired) electrons. The Kier molecular flexibility index (Phi) is 3.75. The molecular formula is C16H16N4O. The molecule has 21 heavy (non-hydrogen) atoms. The van der Waals surface area contributed by atoms with Gasteiger partial charge < -0.3 is 5.11 Å². The molecule has 3 aromatic rings. The normalized spacial score (nSPS) is 10.8. The standard InChI is InChI=1S/C16H16N4O/c1-12-6-5-9-14(17-12)16-15(11-21)20(19-18-16)10-13-7-3-2-4-8-13/h2-9,21H,10-11H2,1H3. The Balaban J connectivity index is 1.97. The summed E-state index contributed by atoms with van der Waals surface area (Å²) in [5.74, 6) is 0. The molecule has 2 aromatic heterocycles. The van der Waals surface area contributed by atoms with E-state index in [9.17, 15) is 5.11 Å². The summed E-state index contributed by atoms with van der Waals surface area (Å²) in [6.45, 7) is 2.39. The monoisotopic (exact) mass is 280 g/mol. The number of hydrogen-bond donors (Lipinski definition) is 1. The highest BCUT2D eigenvalue weighted by Gasteiger charge is 2.15. The fraction of sp³-hybridized carbons (Fsp3) is 0.188. The number of aromatic nitrogens is 4. The van der Waals surface area contributed by atoms with Crippen LogP contribution in [-0.4, -0.2) is 25.1 Å². The average Bonchev–Trinajstić information content (AvgIpc) is 2.91. The molecule has 0 unspecified atom stereocenters. The van der Waals surface area contributed by atoms with E-state index in [1.165, 1.54) is 0 Å². The van der Waals surface area contributed by atoms with Crippen molar-refractivity contribution in [2.24, 2.45) is 0 Å². The van der Waals surface area contributed by atoms with E-state index in [1.54, 1.807) is 4.68 Å². The molecule has 1 N–H and O–H groups in total. The Morgan fingerprint density at radius 3 is 2.57 bits per heavy atom. The highest BCUT2D eigenvalue weighted by molar-refractivity contribution is 5.56. The molecular weight excluding hydrogens is 264 g/mol. The molecule has 0 atom stereocenters. The van der Waals surface area contributed by atoms with Crippen molar-refractivity contribution < 1.29 is 5.11 Å². The quantitative estimate of drug-likeness (QED) is 0.795. The SMILES string of the molecule is Cc1cccc(-c2nnn(Cc3ccccc3)c2CO)n1. The van der Waals surface area contributed by atoms with E-state index < -0.39 is 0 Å². The Labute approximate surface area is 122 Å². The predicted molar refractivity (Wildman–Crippen MR) is 79.5 cm³/mol. The van der Waals surface area contributed by atoms with Crippen molar-refractivity contribution in [1.82, 2.24) is 20.0 Å². The van der Waals surface area contributed by atoms with E-state index in [0.717, 1.165) is 17.0 Å². The van der Waals surface area contributed by atoms with Gasteiger partial charge in [0.2, 0.25) is 0 Å². The van der Waals surface area contributed by atoms with Gasteiger partial charge >= 0.3 is 0 Å². The lowest BCUT2D eigenvalue weighted by atomic mass is 10.2. The lowest BCUT2D eigenvalue weighted by Crippen LogP contribution is -2.07. The number of nitrogens with zero attached hydrogens (tertiary/aromatic N) is 4. The number of aryl methyl sites for hydroxylation is 1. The fourth-order valence-electron chi connectivity index (χ4n) is 2.25. The second-order valence-electron chi connectivity index (χ2n) is 4.85. The molecule has 106 valence electrons. The Morgan fingerprint density at radius 1 is 1.05 bits per heavy atom. The first-order valence-electron chi connectivity index (χ1n) is 6.79. The number of pyridine rings is 1. The molecule has 5 nitrogen and oxygen atoms in total. The predicted octanol–water partition coefficient (Wildman–Crippen LogP) is 2.19. The summed E-state index contributed by atoms with van der Waals surface area (Å²) in [5.41, 5.74) is 4.07. The van der Waals surface area contributed by atoms with Crippen LogP contribution in [0.4, 0.5) is 0 Å². The van der Waals surface area contributed by atoms with E-state index in [1.807, 2.05) is 55.5 Å².